The van der Waals surface area contributed by atoms with Crippen LogP contribution in [0.1, 0.15) is 11.3 Å². The van der Waals surface area contributed by atoms with Crippen molar-refractivity contribution in [2.75, 3.05) is 11.9 Å². The highest BCUT2D eigenvalue weighted by Crippen LogP contribution is 2.25. The zero-order valence-electron chi connectivity index (χ0n) is 9.79. The summed E-state index contributed by atoms with van der Waals surface area (Å²) in [6.45, 7) is 2.27. The number of anilines is 1. The second-order valence-corrected chi connectivity index (χ2v) is 4.46. The fraction of sp³-hybridized carbons (Fsp3) is 0.273. The maximum absolute atomic E-state index is 10.9. The SMILES string of the molecule is Cc1ccnc(NCCc2cscn2)c1[N+](=O)[O-]. The van der Waals surface area contributed by atoms with Crippen molar-refractivity contribution in [2.24, 2.45) is 0 Å². The molecular weight excluding hydrogens is 252 g/mol. The highest BCUT2D eigenvalue weighted by atomic mass is 32.1. The van der Waals surface area contributed by atoms with Crippen molar-refractivity contribution in [3.05, 3.63) is 44.5 Å². The minimum Gasteiger partial charge on any atom is -0.364 e. The van der Waals surface area contributed by atoms with Crippen molar-refractivity contribution in [3.8, 4) is 0 Å². The second-order valence-electron chi connectivity index (χ2n) is 3.74. The molecule has 0 bridgehead atoms. The van der Waals surface area contributed by atoms with E-state index in [1.54, 1.807) is 24.7 Å². The summed E-state index contributed by atoms with van der Waals surface area (Å²) in [6.07, 6.45) is 2.28. The molecule has 0 unspecified atom stereocenters. The minimum absolute atomic E-state index is 0.0378. The molecule has 0 aliphatic carbocycles. The van der Waals surface area contributed by atoms with Crippen LogP contribution in [0.4, 0.5) is 11.5 Å². The first kappa shape index (κ1) is 12.4. The predicted octanol–water partition coefficient (Wildman–Crippen LogP) is 2.41. The van der Waals surface area contributed by atoms with Gasteiger partial charge in [0.1, 0.15) is 0 Å². The number of thiazole rings is 1. The average Bonchev–Trinajstić information content (AvgIpc) is 2.81. The standard InChI is InChI=1S/C11H12N4O2S/c1-8-2-4-12-11(10(8)15(16)17)13-5-3-9-6-18-7-14-9/h2,4,6-7H,3,5H2,1H3,(H,12,13). The Morgan fingerprint density at radius 1 is 1.50 bits per heavy atom. The molecule has 0 spiro atoms. The first-order valence-electron chi connectivity index (χ1n) is 5.39. The number of nitrogens with one attached hydrogen (secondary N) is 1. The van der Waals surface area contributed by atoms with Gasteiger partial charge in [-0.25, -0.2) is 9.97 Å². The molecule has 0 fully saturated rings. The van der Waals surface area contributed by atoms with Crippen LogP contribution >= 0.6 is 11.3 Å². The number of aromatic nitrogens is 2. The van der Waals surface area contributed by atoms with Gasteiger partial charge in [-0.05, 0) is 13.0 Å². The number of pyridine rings is 1. The summed E-state index contributed by atoms with van der Waals surface area (Å²) in [5.74, 6) is 0.315. The van der Waals surface area contributed by atoms with Gasteiger partial charge >= 0.3 is 5.69 Å². The van der Waals surface area contributed by atoms with Crippen molar-refractivity contribution in [1.29, 1.82) is 0 Å². The molecule has 2 heterocycles. The van der Waals surface area contributed by atoms with E-state index < -0.39 is 4.92 Å². The Morgan fingerprint density at radius 2 is 2.33 bits per heavy atom. The van der Waals surface area contributed by atoms with E-state index in [1.165, 1.54) is 11.3 Å². The molecule has 2 aromatic heterocycles. The molecule has 18 heavy (non-hydrogen) atoms. The maximum atomic E-state index is 10.9. The van der Waals surface area contributed by atoms with Crippen LogP contribution in [-0.4, -0.2) is 21.4 Å². The zero-order valence-corrected chi connectivity index (χ0v) is 10.6. The summed E-state index contributed by atoms with van der Waals surface area (Å²) in [5, 5.41) is 15.9. The number of rotatable bonds is 5. The van der Waals surface area contributed by atoms with Crippen molar-refractivity contribution in [1.82, 2.24) is 9.97 Å². The average molecular weight is 264 g/mol. The molecule has 7 heteroatoms. The third-order valence-corrected chi connectivity index (χ3v) is 3.10. The molecule has 1 N–H and O–H groups in total. The van der Waals surface area contributed by atoms with Gasteiger partial charge in [-0.15, -0.1) is 11.3 Å². The number of nitro groups is 1. The molecule has 0 amide bonds. The van der Waals surface area contributed by atoms with Gasteiger partial charge in [-0.2, -0.15) is 0 Å². The molecule has 0 aromatic carbocycles. The van der Waals surface area contributed by atoms with Crippen molar-refractivity contribution >= 4 is 22.8 Å². The van der Waals surface area contributed by atoms with Crippen LogP contribution in [0, 0.1) is 17.0 Å². The van der Waals surface area contributed by atoms with Gasteiger partial charge in [0.05, 0.1) is 16.1 Å². The van der Waals surface area contributed by atoms with E-state index in [4.69, 9.17) is 0 Å². The summed E-state index contributed by atoms with van der Waals surface area (Å²) >= 11 is 1.53. The summed E-state index contributed by atoms with van der Waals surface area (Å²) in [5.41, 5.74) is 3.38. The lowest BCUT2D eigenvalue weighted by Gasteiger charge is -2.06. The zero-order chi connectivity index (χ0) is 13.0. The normalized spacial score (nSPS) is 10.3. The highest BCUT2D eigenvalue weighted by Gasteiger charge is 2.17. The quantitative estimate of drug-likeness (QED) is 0.662. The molecule has 94 valence electrons. The van der Waals surface area contributed by atoms with Crippen LogP contribution in [0.2, 0.25) is 0 Å². The summed E-state index contributed by atoms with van der Waals surface area (Å²) in [7, 11) is 0. The molecule has 6 nitrogen and oxygen atoms in total. The van der Waals surface area contributed by atoms with Gasteiger partial charge in [-0.3, -0.25) is 10.1 Å². The molecule has 0 aliphatic heterocycles. The fourth-order valence-corrected chi connectivity index (χ4v) is 2.17. The summed E-state index contributed by atoms with van der Waals surface area (Å²) < 4.78 is 0. The molecule has 0 aliphatic rings. The number of hydrogen-bond acceptors (Lipinski definition) is 6. The number of hydrogen-bond donors (Lipinski definition) is 1. The highest BCUT2D eigenvalue weighted by molar-refractivity contribution is 7.07. The third-order valence-electron chi connectivity index (χ3n) is 2.47. The molecule has 0 radical (unpaired) electrons. The Balaban J connectivity index is 2.05. The van der Waals surface area contributed by atoms with Gasteiger partial charge in [0, 0.05) is 30.1 Å². The Morgan fingerprint density at radius 3 is 3.00 bits per heavy atom. The predicted molar refractivity (Wildman–Crippen MR) is 69.9 cm³/mol. The van der Waals surface area contributed by atoms with Crippen LogP contribution in [-0.2, 0) is 6.42 Å². The molecule has 0 saturated heterocycles. The van der Waals surface area contributed by atoms with Crippen molar-refractivity contribution in [3.63, 3.8) is 0 Å². The summed E-state index contributed by atoms with van der Waals surface area (Å²) in [6, 6.07) is 1.63. The van der Waals surface area contributed by atoms with Gasteiger partial charge < -0.3 is 5.32 Å². The smallest absolute Gasteiger partial charge is 0.314 e. The van der Waals surface area contributed by atoms with Gasteiger partial charge in [0.25, 0.3) is 0 Å². The van der Waals surface area contributed by atoms with Gasteiger partial charge in [0.2, 0.25) is 5.82 Å². The first-order valence-corrected chi connectivity index (χ1v) is 6.33. The van der Waals surface area contributed by atoms with Crippen LogP contribution in [0.25, 0.3) is 0 Å². The Hall–Kier alpha value is -2.02. The lowest BCUT2D eigenvalue weighted by Crippen LogP contribution is -2.09. The van der Waals surface area contributed by atoms with Crippen LogP contribution in [0.15, 0.2) is 23.2 Å². The van der Waals surface area contributed by atoms with Crippen molar-refractivity contribution < 1.29 is 4.92 Å². The lowest BCUT2D eigenvalue weighted by molar-refractivity contribution is -0.384. The second kappa shape index (κ2) is 5.54. The largest absolute Gasteiger partial charge is 0.364 e. The van der Waals surface area contributed by atoms with E-state index in [0.717, 1.165) is 12.1 Å². The number of nitrogens with zero attached hydrogens (tertiary/aromatic N) is 3. The van der Waals surface area contributed by atoms with E-state index in [1.807, 2.05) is 5.38 Å². The van der Waals surface area contributed by atoms with Crippen molar-refractivity contribution in [2.45, 2.75) is 13.3 Å². The molecule has 0 saturated carbocycles. The molecule has 2 aromatic rings. The fourth-order valence-electron chi connectivity index (χ4n) is 1.58. The first-order chi connectivity index (χ1) is 8.68. The Bertz CT molecular complexity index is 542. The molecule has 0 atom stereocenters. The van der Waals surface area contributed by atoms with E-state index in [2.05, 4.69) is 15.3 Å². The van der Waals surface area contributed by atoms with Gasteiger partial charge in [0.15, 0.2) is 0 Å². The number of aryl methyl sites for hydroxylation is 1. The Labute approximate surface area is 108 Å². The third kappa shape index (κ3) is 2.80. The Kier molecular flexibility index (Phi) is 3.83. The van der Waals surface area contributed by atoms with Crippen LogP contribution in [0.5, 0.6) is 0 Å². The van der Waals surface area contributed by atoms with E-state index >= 15 is 0 Å². The molecule has 2 rings (SSSR count). The van der Waals surface area contributed by atoms with E-state index in [-0.39, 0.29) is 5.69 Å². The lowest BCUT2D eigenvalue weighted by atomic mass is 10.2. The maximum Gasteiger partial charge on any atom is 0.314 e. The van der Waals surface area contributed by atoms with Gasteiger partial charge in [-0.1, -0.05) is 0 Å². The van der Waals surface area contributed by atoms with E-state index in [0.29, 0.717) is 17.9 Å². The van der Waals surface area contributed by atoms with E-state index in [9.17, 15) is 10.1 Å². The molecular formula is C11H12N4O2S. The monoisotopic (exact) mass is 264 g/mol. The van der Waals surface area contributed by atoms with Crippen LogP contribution < -0.4 is 5.32 Å². The summed E-state index contributed by atoms with van der Waals surface area (Å²) in [4.78, 5) is 18.7. The van der Waals surface area contributed by atoms with Crippen LogP contribution in [0.3, 0.4) is 0 Å². The topological polar surface area (TPSA) is 81.0 Å². The minimum atomic E-state index is -0.409.